The van der Waals surface area contributed by atoms with Crippen molar-refractivity contribution in [2.24, 2.45) is 0 Å². The number of benzene rings is 2. The molecule has 0 aliphatic carbocycles. The Morgan fingerprint density at radius 3 is 2.79 bits per heavy atom. The topological polar surface area (TPSA) is 84.7 Å². The Bertz CT molecular complexity index is 977. The van der Waals surface area contributed by atoms with Gasteiger partial charge < -0.3 is 19.4 Å². The van der Waals surface area contributed by atoms with E-state index in [0.717, 1.165) is 5.52 Å². The quantitative estimate of drug-likeness (QED) is 0.637. The fraction of sp³-hybridized carbons (Fsp3) is 0.190. The Hall–Kier alpha value is -3.61. The van der Waals surface area contributed by atoms with E-state index in [2.05, 4.69) is 10.3 Å². The molecule has 28 heavy (non-hydrogen) atoms. The van der Waals surface area contributed by atoms with Gasteiger partial charge in [-0.15, -0.1) is 0 Å². The highest BCUT2D eigenvalue weighted by Gasteiger charge is 2.14. The van der Waals surface area contributed by atoms with Gasteiger partial charge in [0.1, 0.15) is 17.8 Å². The molecule has 1 heterocycles. The number of anilines is 1. The first-order valence-corrected chi connectivity index (χ1v) is 8.85. The summed E-state index contributed by atoms with van der Waals surface area (Å²) in [4.78, 5) is 30.4. The summed E-state index contributed by atoms with van der Waals surface area (Å²) >= 11 is 0. The summed E-state index contributed by atoms with van der Waals surface area (Å²) in [5.74, 6) is 0.387. The second-order valence-electron chi connectivity index (χ2n) is 5.99. The van der Waals surface area contributed by atoms with Crippen molar-refractivity contribution in [3.63, 3.8) is 0 Å². The van der Waals surface area contributed by atoms with Crippen molar-refractivity contribution >= 4 is 34.7 Å². The third kappa shape index (κ3) is 4.76. The highest BCUT2D eigenvalue weighted by atomic mass is 16.5. The number of rotatable bonds is 7. The molecule has 0 saturated heterocycles. The average Bonchev–Trinajstić information content (AvgIpc) is 3.13. The molecule has 0 fully saturated rings. The number of hydrogen-bond donors (Lipinski definition) is 1. The molecule has 0 unspecified atom stereocenters. The second kappa shape index (κ2) is 8.85. The summed E-state index contributed by atoms with van der Waals surface area (Å²) in [6, 6.07) is 14.4. The smallest absolute Gasteiger partial charge is 0.247 e. The first kappa shape index (κ1) is 19.2. The Morgan fingerprint density at radius 2 is 2.04 bits per heavy atom. The second-order valence-corrected chi connectivity index (χ2v) is 5.99. The predicted octanol–water partition coefficient (Wildman–Crippen LogP) is 3.34. The summed E-state index contributed by atoms with van der Waals surface area (Å²) in [6.45, 7) is 2.14. The molecule has 0 radical (unpaired) electrons. The maximum atomic E-state index is 12.4. The third-order valence-corrected chi connectivity index (χ3v) is 4.06. The van der Waals surface area contributed by atoms with Gasteiger partial charge in [0, 0.05) is 30.5 Å². The van der Waals surface area contributed by atoms with Crippen LogP contribution in [0.1, 0.15) is 12.8 Å². The Morgan fingerprint density at radius 1 is 1.21 bits per heavy atom. The van der Waals surface area contributed by atoms with Gasteiger partial charge in [0.05, 0.1) is 7.11 Å². The van der Waals surface area contributed by atoms with Crippen LogP contribution in [0.25, 0.3) is 17.2 Å². The van der Waals surface area contributed by atoms with Crippen molar-refractivity contribution in [3.05, 3.63) is 60.5 Å². The van der Waals surface area contributed by atoms with Crippen molar-refractivity contribution in [1.82, 2.24) is 9.88 Å². The fourth-order valence-corrected chi connectivity index (χ4v) is 2.63. The SMILES string of the molecule is CCN(CC(=O)Nc1cccc(OC)c1)C(=O)/C=C/c1nc2ccccc2o1. The number of hydrogen-bond acceptors (Lipinski definition) is 5. The normalized spacial score (nSPS) is 10.9. The number of aromatic nitrogens is 1. The van der Waals surface area contributed by atoms with Gasteiger partial charge in [-0.25, -0.2) is 4.98 Å². The number of likely N-dealkylation sites (N-methyl/N-ethyl adjacent to an activating group) is 1. The van der Waals surface area contributed by atoms with Crippen LogP contribution in [0.5, 0.6) is 5.75 Å². The lowest BCUT2D eigenvalue weighted by molar-refractivity contribution is -0.130. The molecule has 0 atom stereocenters. The molecule has 7 heteroatoms. The van der Waals surface area contributed by atoms with Gasteiger partial charge in [-0.05, 0) is 31.2 Å². The highest BCUT2D eigenvalue weighted by molar-refractivity contribution is 5.98. The number of carbonyl (C=O) groups excluding carboxylic acids is 2. The van der Waals surface area contributed by atoms with E-state index in [-0.39, 0.29) is 18.4 Å². The van der Waals surface area contributed by atoms with Crippen LogP contribution in [0.15, 0.2) is 59.0 Å². The lowest BCUT2D eigenvalue weighted by atomic mass is 10.3. The molecule has 0 aliphatic heterocycles. The maximum Gasteiger partial charge on any atom is 0.247 e. The summed E-state index contributed by atoms with van der Waals surface area (Å²) in [5.41, 5.74) is 1.98. The van der Waals surface area contributed by atoms with E-state index in [4.69, 9.17) is 9.15 Å². The van der Waals surface area contributed by atoms with E-state index in [0.29, 0.717) is 29.5 Å². The van der Waals surface area contributed by atoms with Gasteiger partial charge in [0.15, 0.2) is 5.58 Å². The zero-order valence-corrected chi connectivity index (χ0v) is 15.7. The summed E-state index contributed by atoms with van der Waals surface area (Å²) < 4.78 is 10.7. The summed E-state index contributed by atoms with van der Waals surface area (Å²) in [5, 5.41) is 2.76. The largest absolute Gasteiger partial charge is 0.497 e. The van der Waals surface area contributed by atoms with Gasteiger partial charge in [-0.1, -0.05) is 18.2 Å². The van der Waals surface area contributed by atoms with Crippen LogP contribution in [0.2, 0.25) is 0 Å². The molecule has 3 aromatic rings. The Balaban J connectivity index is 1.61. The van der Waals surface area contributed by atoms with Crippen molar-refractivity contribution in [2.75, 3.05) is 25.5 Å². The molecule has 2 amide bonds. The summed E-state index contributed by atoms with van der Waals surface area (Å²) in [6.07, 6.45) is 2.86. The summed E-state index contributed by atoms with van der Waals surface area (Å²) in [7, 11) is 1.56. The molecule has 3 rings (SSSR count). The number of nitrogens with one attached hydrogen (secondary N) is 1. The standard InChI is InChI=1S/C21H21N3O4/c1-3-24(14-19(25)22-15-7-6-8-16(13-15)27-2)21(26)12-11-20-23-17-9-4-5-10-18(17)28-20/h4-13H,3,14H2,1-2H3,(H,22,25)/b12-11+. The fourth-order valence-electron chi connectivity index (χ4n) is 2.63. The minimum atomic E-state index is -0.300. The van der Waals surface area contributed by atoms with Crippen molar-refractivity contribution in [3.8, 4) is 5.75 Å². The average molecular weight is 379 g/mol. The van der Waals surface area contributed by atoms with E-state index in [9.17, 15) is 9.59 Å². The predicted molar refractivity (Wildman–Crippen MR) is 107 cm³/mol. The van der Waals surface area contributed by atoms with Crippen LogP contribution >= 0.6 is 0 Å². The van der Waals surface area contributed by atoms with E-state index in [1.165, 1.54) is 17.1 Å². The maximum absolute atomic E-state index is 12.4. The van der Waals surface area contributed by atoms with Crippen LogP contribution in [-0.2, 0) is 9.59 Å². The van der Waals surface area contributed by atoms with Gasteiger partial charge in [-0.3, -0.25) is 9.59 Å². The molecule has 0 bridgehead atoms. The monoisotopic (exact) mass is 379 g/mol. The van der Waals surface area contributed by atoms with Gasteiger partial charge in [0.2, 0.25) is 17.7 Å². The van der Waals surface area contributed by atoms with Crippen LogP contribution in [0.4, 0.5) is 5.69 Å². The lowest BCUT2D eigenvalue weighted by Gasteiger charge is -2.18. The van der Waals surface area contributed by atoms with Gasteiger partial charge in [0.25, 0.3) is 0 Å². The molecule has 2 aromatic carbocycles. The Kier molecular flexibility index (Phi) is 6.06. The zero-order chi connectivity index (χ0) is 19.9. The number of carbonyl (C=O) groups is 2. The first-order chi connectivity index (χ1) is 13.6. The van der Waals surface area contributed by atoms with Crippen LogP contribution < -0.4 is 10.1 Å². The number of amides is 2. The molecule has 1 N–H and O–H groups in total. The van der Waals surface area contributed by atoms with Crippen molar-refractivity contribution in [1.29, 1.82) is 0 Å². The van der Waals surface area contributed by atoms with Crippen LogP contribution in [0, 0.1) is 0 Å². The van der Waals surface area contributed by atoms with Crippen molar-refractivity contribution in [2.45, 2.75) is 6.92 Å². The minimum absolute atomic E-state index is 0.0650. The number of oxazole rings is 1. The van der Waals surface area contributed by atoms with Crippen LogP contribution in [-0.4, -0.2) is 41.9 Å². The lowest BCUT2D eigenvalue weighted by Crippen LogP contribution is -2.36. The van der Waals surface area contributed by atoms with Crippen molar-refractivity contribution < 1.29 is 18.7 Å². The third-order valence-electron chi connectivity index (χ3n) is 4.06. The number of para-hydroxylation sites is 2. The number of ether oxygens (including phenoxy) is 1. The van der Waals surface area contributed by atoms with E-state index >= 15 is 0 Å². The number of fused-ring (bicyclic) bond motifs is 1. The molecule has 7 nitrogen and oxygen atoms in total. The first-order valence-electron chi connectivity index (χ1n) is 8.85. The van der Waals surface area contributed by atoms with Gasteiger partial charge >= 0.3 is 0 Å². The zero-order valence-electron chi connectivity index (χ0n) is 15.7. The number of nitrogens with zero attached hydrogens (tertiary/aromatic N) is 2. The molecular formula is C21H21N3O4. The van der Waals surface area contributed by atoms with E-state index in [1.54, 1.807) is 31.4 Å². The van der Waals surface area contributed by atoms with E-state index < -0.39 is 0 Å². The number of methoxy groups -OCH3 is 1. The minimum Gasteiger partial charge on any atom is -0.497 e. The van der Waals surface area contributed by atoms with E-state index in [1.807, 2.05) is 31.2 Å². The highest BCUT2D eigenvalue weighted by Crippen LogP contribution is 2.17. The van der Waals surface area contributed by atoms with Gasteiger partial charge in [-0.2, -0.15) is 0 Å². The van der Waals surface area contributed by atoms with Crippen LogP contribution in [0.3, 0.4) is 0 Å². The molecule has 144 valence electrons. The molecule has 0 aliphatic rings. The molecular weight excluding hydrogens is 358 g/mol. The Labute approximate surface area is 162 Å². The molecule has 0 spiro atoms. The molecule has 1 aromatic heterocycles. The molecule has 0 saturated carbocycles.